The minimum atomic E-state index is -1.15. The van der Waals surface area contributed by atoms with Gasteiger partial charge in [-0.15, -0.1) is 0 Å². The Morgan fingerprint density at radius 3 is 2.65 bits per heavy atom. The van der Waals surface area contributed by atoms with Gasteiger partial charge < -0.3 is 11.1 Å². The zero-order valence-corrected chi connectivity index (χ0v) is 8.69. The fourth-order valence-electron chi connectivity index (χ4n) is 1.35. The molecule has 0 aliphatic heterocycles. The highest BCUT2D eigenvalue weighted by Crippen LogP contribution is 2.33. The number of nitrogens with zero attached hydrogens (tertiary/aromatic N) is 1. The van der Waals surface area contributed by atoms with Crippen molar-refractivity contribution in [3.63, 3.8) is 0 Å². The zero-order valence-electron chi connectivity index (χ0n) is 8.69. The topological polar surface area (TPSA) is 115 Å². The minimum Gasteiger partial charge on any atom is -0.365 e. The smallest absolute Gasteiger partial charge is 0.305 e. The summed E-state index contributed by atoms with van der Waals surface area (Å²) < 4.78 is 13.4. The molecule has 8 heteroatoms. The second-order valence-electron chi connectivity index (χ2n) is 3.14. The van der Waals surface area contributed by atoms with Crippen molar-refractivity contribution in [3.05, 3.63) is 33.1 Å². The van der Waals surface area contributed by atoms with E-state index in [9.17, 15) is 24.1 Å². The first kappa shape index (κ1) is 12.6. The van der Waals surface area contributed by atoms with Gasteiger partial charge in [-0.25, -0.2) is 4.39 Å². The number of nitro groups is 1. The van der Waals surface area contributed by atoms with Crippen molar-refractivity contribution < 1.29 is 18.9 Å². The maximum atomic E-state index is 13.4. The number of rotatable bonds is 4. The van der Waals surface area contributed by atoms with Gasteiger partial charge in [-0.1, -0.05) is 0 Å². The molecule has 1 rings (SSSR count). The average molecular weight is 241 g/mol. The minimum absolute atomic E-state index is 0.145. The van der Waals surface area contributed by atoms with Gasteiger partial charge in [0.2, 0.25) is 6.41 Å². The van der Waals surface area contributed by atoms with Crippen LogP contribution in [0.4, 0.5) is 15.8 Å². The molecule has 2 amide bonds. The van der Waals surface area contributed by atoms with Crippen LogP contribution in [0, 0.1) is 22.9 Å². The molecule has 7 nitrogen and oxygen atoms in total. The van der Waals surface area contributed by atoms with Crippen molar-refractivity contribution in [2.75, 3.05) is 5.32 Å². The third-order valence-electron chi connectivity index (χ3n) is 2.15. The second kappa shape index (κ2) is 4.56. The Labute approximate surface area is 94.6 Å². The highest BCUT2D eigenvalue weighted by atomic mass is 19.1. The second-order valence-corrected chi connectivity index (χ2v) is 3.14. The molecule has 0 saturated carbocycles. The molecule has 0 radical (unpaired) electrons. The summed E-state index contributed by atoms with van der Waals surface area (Å²) in [7, 11) is 0. The van der Waals surface area contributed by atoms with E-state index < -0.39 is 27.9 Å². The largest absolute Gasteiger partial charge is 0.365 e. The number of anilines is 1. The van der Waals surface area contributed by atoms with Crippen molar-refractivity contribution in [1.82, 2.24) is 0 Å². The lowest BCUT2D eigenvalue weighted by molar-refractivity contribution is -0.384. The van der Waals surface area contributed by atoms with Crippen LogP contribution in [0.2, 0.25) is 0 Å². The van der Waals surface area contributed by atoms with Gasteiger partial charge in [-0.05, 0) is 13.0 Å². The number of halogens is 1. The van der Waals surface area contributed by atoms with E-state index >= 15 is 0 Å². The van der Waals surface area contributed by atoms with Crippen LogP contribution in [0.15, 0.2) is 6.07 Å². The predicted octanol–water partition coefficient (Wildman–Crippen LogP) is 0.710. The predicted molar refractivity (Wildman–Crippen MR) is 56.0 cm³/mol. The maximum absolute atomic E-state index is 13.4. The molecule has 0 aliphatic rings. The van der Waals surface area contributed by atoms with Crippen molar-refractivity contribution in [2.24, 2.45) is 5.73 Å². The van der Waals surface area contributed by atoms with Crippen LogP contribution >= 0.6 is 0 Å². The number of benzene rings is 1. The van der Waals surface area contributed by atoms with E-state index in [-0.39, 0.29) is 17.7 Å². The number of hydrogen-bond acceptors (Lipinski definition) is 4. The van der Waals surface area contributed by atoms with Crippen LogP contribution in [-0.2, 0) is 4.79 Å². The summed E-state index contributed by atoms with van der Waals surface area (Å²) in [4.78, 5) is 31.2. The summed E-state index contributed by atoms with van der Waals surface area (Å²) in [6.07, 6.45) is 0.152. The number of hydrogen-bond donors (Lipinski definition) is 2. The molecule has 17 heavy (non-hydrogen) atoms. The molecule has 1 aromatic rings. The Hall–Kier alpha value is -2.51. The number of carbonyl (C=O) groups excluding carboxylic acids is 2. The number of primary amides is 1. The molecule has 1 aromatic carbocycles. The van der Waals surface area contributed by atoms with E-state index in [2.05, 4.69) is 0 Å². The molecule has 90 valence electrons. The first-order valence-corrected chi connectivity index (χ1v) is 4.37. The monoisotopic (exact) mass is 241 g/mol. The van der Waals surface area contributed by atoms with E-state index in [1.807, 2.05) is 5.32 Å². The van der Waals surface area contributed by atoms with Gasteiger partial charge in [0, 0.05) is 5.56 Å². The molecule has 3 N–H and O–H groups in total. The Morgan fingerprint density at radius 1 is 1.65 bits per heavy atom. The van der Waals surface area contributed by atoms with Gasteiger partial charge in [0.15, 0.2) is 0 Å². The molecule has 0 heterocycles. The summed E-state index contributed by atoms with van der Waals surface area (Å²) >= 11 is 0. The fraction of sp³-hybridized carbons (Fsp3) is 0.111. The molecule has 0 aliphatic carbocycles. The van der Waals surface area contributed by atoms with Gasteiger partial charge >= 0.3 is 5.69 Å². The number of amides is 2. The number of nitro benzene ring substituents is 1. The average Bonchev–Trinajstić information content (AvgIpc) is 2.23. The molecular weight excluding hydrogens is 233 g/mol. The van der Waals surface area contributed by atoms with Crippen LogP contribution in [0.3, 0.4) is 0 Å². The Bertz CT molecular complexity index is 515. The molecule has 0 saturated heterocycles. The third kappa shape index (κ3) is 2.19. The third-order valence-corrected chi connectivity index (χ3v) is 2.15. The van der Waals surface area contributed by atoms with E-state index in [0.29, 0.717) is 6.07 Å². The first-order chi connectivity index (χ1) is 7.90. The zero-order chi connectivity index (χ0) is 13.2. The molecule has 0 unspecified atom stereocenters. The van der Waals surface area contributed by atoms with Gasteiger partial charge in [-0.2, -0.15) is 0 Å². The summed E-state index contributed by atoms with van der Waals surface area (Å²) in [6, 6.07) is 0.672. The Balaban J connectivity index is 3.69. The highest BCUT2D eigenvalue weighted by Gasteiger charge is 2.27. The quantitative estimate of drug-likeness (QED) is 0.458. The molecule has 0 fully saturated rings. The Kier molecular flexibility index (Phi) is 3.37. The van der Waals surface area contributed by atoms with Crippen LogP contribution in [0.1, 0.15) is 15.9 Å². The van der Waals surface area contributed by atoms with Crippen molar-refractivity contribution in [1.29, 1.82) is 0 Å². The number of nitrogens with two attached hydrogens (primary N) is 1. The van der Waals surface area contributed by atoms with Gasteiger partial charge in [0.25, 0.3) is 5.91 Å². The van der Waals surface area contributed by atoms with Crippen LogP contribution in [-0.4, -0.2) is 17.2 Å². The number of nitrogens with one attached hydrogen (secondary N) is 1. The summed E-state index contributed by atoms with van der Waals surface area (Å²) in [5.41, 5.74) is 3.08. The highest BCUT2D eigenvalue weighted by molar-refractivity contribution is 6.01. The van der Waals surface area contributed by atoms with Crippen molar-refractivity contribution in [2.45, 2.75) is 6.92 Å². The van der Waals surface area contributed by atoms with Gasteiger partial charge in [0.1, 0.15) is 17.1 Å². The first-order valence-electron chi connectivity index (χ1n) is 4.37. The van der Waals surface area contributed by atoms with Gasteiger partial charge in [-0.3, -0.25) is 19.7 Å². The van der Waals surface area contributed by atoms with Gasteiger partial charge in [0.05, 0.1) is 4.92 Å². The van der Waals surface area contributed by atoms with Crippen LogP contribution in [0.25, 0.3) is 0 Å². The molecule has 0 atom stereocenters. The lowest BCUT2D eigenvalue weighted by Gasteiger charge is -2.08. The lowest BCUT2D eigenvalue weighted by atomic mass is 10.1. The normalized spacial score (nSPS) is 9.76. The molecule has 0 aromatic heterocycles. The summed E-state index contributed by atoms with van der Waals surface area (Å²) in [5, 5.41) is 12.8. The van der Waals surface area contributed by atoms with E-state index in [0.717, 1.165) is 0 Å². The summed E-state index contributed by atoms with van der Waals surface area (Å²) in [5.74, 6) is -2.02. The van der Waals surface area contributed by atoms with E-state index in [4.69, 9.17) is 5.73 Å². The standard InChI is InChI=1S/C9H8FN3O4/c1-4-6(10)2-5(9(11)15)8(13(16)17)7(4)12-3-14/h2-3H,1H3,(H2,11,15)(H,12,14). The SMILES string of the molecule is Cc1c(F)cc(C(N)=O)c([N+](=O)[O-])c1NC=O. The lowest BCUT2D eigenvalue weighted by Crippen LogP contribution is -2.16. The van der Waals surface area contributed by atoms with Crippen molar-refractivity contribution >= 4 is 23.7 Å². The van der Waals surface area contributed by atoms with E-state index in [1.54, 1.807) is 0 Å². The van der Waals surface area contributed by atoms with E-state index in [1.165, 1.54) is 6.92 Å². The Morgan fingerprint density at radius 2 is 2.24 bits per heavy atom. The van der Waals surface area contributed by atoms with Crippen LogP contribution < -0.4 is 11.1 Å². The molecule has 0 bridgehead atoms. The number of carbonyl (C=O) groups is 2. The van der Waals surface area contributed by atoms with Crippen LogP contribution in [0.5, 0.6) is 0 Å². The maximum Gasteiger partial charge on any atom is 0.305 e. The summed E-state index contributed by atoms with van der Waals surface area (Å²) in [6.45, 7) is 1.24. The van der Waals surface area contributed by atoms with Crippen molar-refractivity contribution in [3.8, 4) is 0 Å². The molecular formula is C9H8FN3O4. The molecule has 0 spiro atoms. The fourth-order valence-corrected chi connectivity index (χ4v) is 1.35.